The van der Waals surface area contributed by atoms with E-state index in [4.69, 9.17) is 11.6 Å². The highest BCUT2D eigenvalue weighted by Crippen LogP contribution is 2.20. The highest BCUT2D eigenvalue weighted by Gasteiger charge is 2.15. The zero-order valence-electron chi connectivity index (χ0n) is 10.6. The van der Waals surface area contributed by atoms with Gasteiger partial charge < -0.3 is 5.32 Å². The van der Waals surface area contributed by atoms with E-state index < -0.39 is 0 Å². The van der Waals surface area contributed by atoms with Gasteiger partial charge >= 0.3 is 0 Å². The van der Waals surface area contributed by atoms with Gasteiger partial charge in [0.15, 0.2) is 0 Å². The molecule has 1 amide bonds. The summed E-state index contributed by atoms with van der Waals surface area (Å²) in [5, 5.41) is 14.1. The molecule has 0 atom stereocenters. The molecule has 0 unspecified atom stereocenters. The van der Waals surface area contributed by atoms with Crippen molar-refractivity contribution in [2.75, 3.05) is 5.32 Å². The van der Waals surface area contributed by atoms with E-state index >= 15 is 0 Å². The fourth-order valence-corrected chi connectivity index (χ4v) is 1.94. The van der Waals surface area contributed by atoms with Gasteiger partial charge in [-0.15, -0.1) is 5.10 Å². The number of carbonyl (C=O) groups excluding carboxylic acids is 1. The number of rotatable bonds is 3. The summed E-state index contributed by atoms with van der Waals surface area (Å²) in [6.45, 7) is 0. The third-order valence-corrected chi connectivity index (χ3v) is 2.94. The quantitative estimate of drug-likeness (QED) is 0.799. The third kappa shape index (κ3) is 2.87. The Labute approximate surface area is 124 Å². The molecule has 3 aromatic rings. The molecule has 2 aromatic heterocycles. The van der Waals surface area contributed by atoms with Gasteiger partial charge in [-0.2, -0.15) is 4.68 Å². The molecule has 0 aliphatic carbocycles. The number of nitrogens with one attached hydrogen (secondary N) is 1. The molecular weight excluding hydrogens is 292 g/mol. The van der Waals surface area contributed by atoms with Crippen LogP contribution in [0.15, 0.2) is 48.9 Å². The molecule has 8 heteroatoms. The van der Waals surface area contributed by atoms with Crippen LogP contribution in [0.25, 0.3) is 5.69 Å². The molecule has 104 valence electrons. The van der Waals surface area contributed by atoms with Gasteiger partial charge in [0.25, 0.3) is 5.91 Å². The minimum absolute atomic E-state index is 0.323. The van der Waals surface area contributed by atoms with Crippen LogP contribution in [0.4, 0.5) is 5.82 Å². The van der Waals surface area contributed by atoms with Gasteiger partial charge in [0, 0.05) is 11.2 Å². The van der Waals surface area contributed by atoms with Crippen molar-refractivity contribution in [1.29, 1.82) is 0 Å². The van der Waals surface area contributed by atoms with Crippen LogP contribution in [0.1, 0.15) is 10.4 Å². The summed E-state index contributed by atoms with van der Waals surface area (Å²) in [6, 6.07) is 10.1. The maximum Gasteiger partial charge on any atom is 0.259 e. The third-order valence-electron chi connectivity index (χ3n) is 2.71. The molecule has 2 heterocycles. The largest absolute Gasteiger partial charge is 0.306 e. The number of benzene rings is 1. The van der Waals surface area contributed by atoms with Crippen molar-refractivity contribution in [2.24, 2.45) is 0 Å². The van der Waals surface area contributed by atoms with E-state index in [1.807, 2.05) is 0 Å². The first kappa shape index (κ1) is 13.2. The van der Waals surface area contributed by atoms with E-state index in [0.717, 1.165) is 0 Å². The predicted molar refractivity (Wildman–Crippen MR) is 76.4 cm³/mol. The average Bonchev–Trinajstić information content (AvgIpc) is 3.02. The summed E-state index contributed by atoms with van der Waals surface area (Å²) in [6.07, 6.45) is 2.99. The summed E-state index contributed by atoms with van der Waals surface area (Å²) in [4.78, 5) is 16.4. The highest BCUT2D eigenvalue weighted by atomic mass is 35.5. The van der Waals surface area contributed by atoms with Crippen LogP contribution >= 0.6 is 11.6 Å². The van der Waals surface area contributed by atoms with Crippen molar-refractivity contribution in [3.63, 3.8) is 0 Å². The van der Waals surface area contributed by atoms with Crippen molar-refractivity contribution < 1.29 is 4.79 Å². The molecule has 0 aliphatic heterocycles. The van der Waals surface area contributed by atoms with Gasteiger partial charge in [0.2, 0.25) is 0 Å². The zero-order chi connectivity index (χ0) is 14.7. The van der Waals surface area contributed by atoms with Crippen LogP contribution in [0.5, 0.6) is 0 Å². The number of hydrogen-bond acceptors (Lipinski definition) is 5. The maximum absolute atomic E-state index is 12.4. The summed E-state index contributed by atoms with van der Waals surface area (Å²) >= 11 is 5.97. The number of pyridine rings is 1. The molecule has 0 saturated carbocycles. The Morgan fingerprint density at radius 2 is 2.14 bits per heavy atom. The van der Waals surface area contributed by atoms with Gasteiger partial charge in [-0.25, -0.2) is 4.98 Å². The number of aromatic nitrogens is 5. The smallest absolute Gasteiger partial charge is 0.259 e. The Morgan fingerprint density at radius 1 is 1.24 bits per heavy atom. The molecule has 1 N–H and O–H groups in total. The van der Waals surface area contributed by atoms with Crippen molar-refractivity contribution >= 4 is 23.3 Å². The van der Waals surface area contributed by atoms with E-state index in [0.29, 0.717) is 22.1 Å². The average molecular weight is 301 g/mol. The Kier molecular flexibility index (Phi) is 3.57. The van der Waals surface area contributed by atoms with Crippen LogP contribution in [0, 0.1) is 0 Å². The van der Waals surface area contributed by atoms with Crippen LogP contribution in [0.2, 0.25) is 5.02 Å². The number of tetrazole rings is 1. The van der Waals surface area contributed by atoms with E-state index in [9.17, 15) is 4.79 Å². The van der Waals surface area contributed by atoms with Crippen molar-refractivity contribution in [2.45, 2.75) is 0 Å². The topological polar surface area (TPSA) is 85.6 Å². The Hall–Kier alpha value is -2.80. The molecule has 0 radical (unpaired) electrons. The lowest BCUT2D eigenvalue weighted by atomic mass is 10.1. The van der Waals surface area contributed by atoms with Gasteiger partial charge in [-0.05, 0) is 40.8 Å². The van der Waals surface area contributed by atoms with Gasteiger partial charge in [0.1, 0.15) is 12.1 Å². The maximum atomic E-state index is 12.4. The number of nitrogens with zero attached hydrogens (tertiary/aromatic N) is 5. The number of halogens is 1. The normalized spacial score (nSPS) is 10.3. The standard InChI is InChI=1S/C13H9ClN6O/c14-9-4-5-10(11(7-9)20-8-16-18-19-20)13(21)17-12-3-1-2-6-15-12/h1-8H,(H,15,17,21). The summed E-state index contributed by atoms with van der Waals surface area (Å²) in [7, 11) is 0. The van der Waals surface area contributed by atoms with Crippen molar-refractivity contribution in [3.8, 4) is 5.69 Å². The lowest BCUT2D eigenvalue weighted by Crippen LogP contribution is -2.16. The first-order chi connectivity index (χ1) is 10.2. The summed E-state index contributed by atoms with van der Waals surface area (Å²) < 4.78 is 1.37. The Bertz CT molecular complexity index is 760. The van der Waals surface area contributed by atoms with Crippen LogP contribution in [-0.2, 0) is 0 Å². The second-order valence-electron chi connectivity index (χ2n) is 4.08. The monoisotopic (exact) mass is 300 g/mol. The Morgan fingerprint density at radius 3 is 2.86 bits per heavy atom. The van der Waals surface area contributed by atoms with Gasteiger partial charge in [0.05, 0.1) is 11.3 Å². The fourth-order valence-electron chi connectivity index (χ4n) is 1.78. The van der Waals surface area contributed by atoms with Gasteiger partial charge in [-0.1, -0.05) is 17.7 Å². The molecule has 21 heavy (non-hydrogen) atoms. The minimum Gasteiger partial charge on any atom is -0.306 e. The Balaban J connectivity index is 1.97. The fraction of sp³-hybridized carbons (Fsp3) is 0. The lowest BCUT2D eigenvalue weighted by Gasteiger charge is -2.09. The number of amides is 1. The highest BCUT2D eigenvalue weighted by molar-refractivity contribution is 6.31. The van der Waals surface area contributed by atoms with Gasteiger partial charge in [-0.3, -0.25) is 4.79 Å². The molecule has 0 spiro atoms. The van der Waals surface area contributed by atoms with E-state index in [2.05, 4.69) is 25.8 Å². The number of hydrogen-bond donors (Lipinski definition) is 1. The second kappa shape index (κ2) is 5.68. The van der Waals surface area contributed by atoms with Crippen LogP contribution < -0.4 is 5.32 Å². The number of carbonyl (C=O) groups is 1. The molecule has 0 fully saturated rings. The minimum atomic E-state index is -0.323. The second-order valence-corrected chi connectivity index (χ2v) is 4.52. The van der Waals surface area contributed by atoms with Crippen molar-refractivity contribution in [1.82, 2.24) is 25.2 Å². The van der Waals surface area contributed by atoms with Crippen LogP contribution in [-0.4, -0.2) is 31.1 Å². The van der Waals surface area contributed by atoms with Crippen LogP contribution in [0.3, 0.4) is 0 Å². The van der Waals surface area contributed by atoms with Crippen molar-refractivity contribution in [3.05, 3.63) is 59.5 Å². The molecule has 7 nitrogen and oxygen atoms in total. The first-order valence-electron chi connectivity index (χ1n) is 5.99. The van der Waals surface area contributed by atoms with E-state index in [1.165, 1.54) is 11.0 Å². The number of anilines is 1. The molecule has 0 bridgehead atoms. The SMILES string of the molecule is O=C(Nc1ccccn1)c1ccc(Cl)cc1-n1cnnn1. The zero-order valence-corrected chi connectivity index (χ0v) is 11.4. The molecule has 1 aromatic carbocycles. The molecule has 0 aliphatic rings. The first-order valence-corrected chi connectivity index (χ1v) is 6.37. The summed E-state index contributed by atoms with van der Waals surface area (Å²) in [5.74, 6) is 0.135. The predicted octanol–water partition coefficient (Wildman–Crippen LogP) is 1.96. The molecule has 3 rings (SSSR count). The molecular formula is C13H9ClN6O. The van der Waals surface area contributed by atoms with E-state index in [1.54, 1.807) is 42.6 Å². The lowest BCUT2D eigenvalue weighted by molar-refractivity contribution is 0.102. The molecule has 0 saturated heterocycles. The summed E-state index contributed by atoms with van der Waals surface area (Å²) in [5.41, 5.74) is 0.873. The van der Waals surface area contributed by atoms with E-state index in [-0.39, 0.29) is 5.91 Å².